The van der Waals surface area contributed by atoms with E-state index < -0.39 is 42.5 Å². The van der Waals surface area contributed by atoms with Gasteiger partial charge in [0.1, 0.15) is 12.1 Å². The normalized spacial score (nSPS) is 24.1. The number of esters is 1. The van der Waals surface area contributed by atoms with Crippen LogP contribution in [0.1, 0.15) is 51.1 Å². The maximum Gasteiger partial charge on any atom is 0.326 e. The number of nitrogens with zero attached hydrogens (tertiary/aromatic N) is 1. The fourth-order valence-corrected chi connectivity index (χ4v) is 4.19. The molecule has 1 atom stereocenters. The zero-order valence-electron chi connectivity index (χ0n) is 17.4. The molecule has 10 heteroatoms. The summed E-state index contributed by atoms with van der Waals surface area (Å²) in [6, 6.07) is 4.00. The number of rotatable bonds is 6. The van der Waals surface area contributed by atoms with Gasteiger partial charge in [-0.25, -0.2) is 4.79 Å². The molecule has 0 unspecified atom stereocenters. The first-order valence-electron chi connectivity index (χ1n) is 10.2. The van der Waals surface area contributed by atoms with Crippen molar-refractivity contribution in [2.24, 2.45) is 5.92 Å². The van der Waals surface area contributed by atoms with Crippen LogP contribution in [0.3, 0.4) is 0 Å². The second-order valence-corrected chi connectivity index (χ2v) is 9.02. The lowest BCUT2D eigenvalue weighted by Crippen LogP contribution is -2.49. The molecule has 0 bridgehead atoms. The van der Waals surface area contributed by atoms with Crippen molar-refractivity contribution < 1.29 is 23.9 Å². The maximum atomic E-state index is 12.8. The van der Waals surface area contributed by atoms with Crippen LogP contribution in [0.2, 0.25) is 10.0 Å². The lowest BCUT2D eigenvalue weighted by molar-refractivity contribution is -0.151. The molecule has 31 heavy (non-hydrogen) atoms. The summed E-state index contributed by atoms with van der Waals surface area (Å²) in [4.78, 5) is 50.1. The molecule has 1 spiro atoms. The molecule has 168 valence electrons. The van der Waals surface area contributed by atoms with Crippen molar-refractivity contribution >= 4 is 47.0 Å². The molecule has 3 rings (SSSR count). The van der Waals surface area contributed by atoms with Crippen molar-refractivity contribution in [3.8, 4) is 0 Å². The van der Waals surface area contributed by atoms with Crippen molar-refractivity contribution in [1.29, 1.82) is 0 Å². The highest BCUT2D eigenvalue weighted by Gasteiger charge is 2.52. The minimum Gasteiger partial charge on any atom is -0.454 e. The highest BCUT2D eigenvalue weighted by Crippen LogP contribution is 2.36. The van der Waals surface area contributed by atoms with E-state index in [1.165, 1.54) is 0 Å². The Morgan fingerprint density at radius 2 is 1.94 bits per heavy atom. The van der Waals surface area contributed by atoms with E-state index in [1.807, 2.05) is 0 Å². The van der Waals surface area contributed by atoms with Crippen LogP contribution in [-0.2, 0) is 19.1 Å². The first kappa shape index (κ1) is 23.3. The summed E-state index contributed by atoms with van der Waals surface area (Å²) < 4.78 is 4.96. The molecule has 8 nitrogen and oxygen atoms in total. The quantitative estimate of drug-likeness (QED) is 0.491. The number of halogens is 2. The largest absolute Gasteiger partial charge is 0.454 e. The number of hydrogen-bond acceptors (Lipinski definition) is 5. The van der Waals surface area contributed by atoms with Crippen molar-refractivity contribution in [2.75, 3.05) is 13.2 Å². The van der Waals surface area contributed by atoms with Crippen LogP contribution in [0.15, 0.2) is 18.2 Å². The summed E-state index contributed by atoms with van der Waals surface area (Å²) in [5, 5.41) is 6.20. The van der Waals surface area contributed by atoms with Gasteiger partial charge in [-0.2, -0.15) is 0 Å². The van der Waals surface area contributed by atoms with Gasteiger partial charge in [-0.15, -0.1) is 0 Å². The molecule has 1 heterocycles. The number of nitrogens with one attached hydrogen (secondary N) is 2. The molecular formula is C21H25Cl2N3O5. The number of hydrogen-bond donors (Lipinski definition) is 2. The van der Waals surface area contributed by atoms with Crippen LogP contribution in [0.4, 0.5) is 4.79 Å². The number of ether oxygens (including phenoxy) is 1. The van der Waals surface area contributed by atoms with Gasteiger partial charge in [-0.3, -0.25) is 19.3 Å². The van der Waals surface area contributed by atoms with E-state index in [4.69, 9.17) is 27.9 Å². The van der Waals surface area contributed by atoms with Gasteiger partial charge in [0, 0.05) is 0 Å². The van der Waals surface area contributed by atoms with Gasteiger partial charge in [0.25, 0.3) is 11.8 Å². The van der Waals surface area contributed by atoms with Crippen LogP contribution < -0.4 is 10.6 Å². The summed E-state index contributed by atoms with van der Waals surface area (Å²) in [6.45, 7) is 2.79. The van der Waals surface area contributed by atoms with Crippen LogP contribution >= 0.6 is 23.2 Å². The Hall–Kier alpha value is -2.32. The first-order chi connectivity index (χ1) is 14.6. The molecule has 4 amide bonds. The maximum absolute atomic E-state index is 12.8. The molecule has 1 aliphatic heterocycles. The molecule has 2 fully saturated rings. The number of benzene rings is 1. The van der Waals surface area contributed by atoms with Crippen molar-refractivity contribution in [3.63, 3.8) is 0 Å². The Morgan fingerprint density at radius 1 is 1.26 bits per heavy atom. The van der Waals surface area contributed by atoms with Crippen LogP contribution in [-0.4, -0.2) is 47.4 Å². The molecule has 2 aliphatic rings. The van der Waals surface area contributed by atoms with E-state index in [0.717, 1.165) is 23.3 Å². The van der Waals surface area contributed by atoms with Gasteiger partial charge in [-0.05, 0) is 56.2 Å². The first-order valence-corrected chi connectivity index (χ1v) is 10.9. The Kier molecular flexibility index (Phi) is 7.11. The number of carbonyl (C=O) groups excluding carboxylic acids is 4. The molecule has 1 saturated carbocycles. The minimum atomic E-state index is -0.920. The lowest BCUT2D eigenvalue weighted by Gasteiger charge is -2.33. The van der Waals surface area contributed by atoms with E-state index in [2.05, 4.69) is 17.6 Å². The number of amides is 4. The summed E-state index contributed by atoms with van der Waals surface area (Å²) >= 11 is 11.9. The summed E-state index contributed by atoms with van der Waals surface area (Å²) in [7, 11) is 0. The molecule has 0 aromatic heterocycles. The summed E-state index contributed by atoms with van der Waals surface area (Å²) in [5.41, 5.74) is -0.184. The SMILES string of the molecule is CC1CCC2(CC1)NC(=O)N(CC(=O)OCC(=O)N[C@H](C)c1ccc(Cl)c(Cl)c1)C2=O. The van der Waals surface area contributed by atoms with Crippen molar-refractivity contribution in [2.45, 2.75) is 51.1 Å². The summed E-state index contributed by atoms with van der Waals surface area (Å²) in [5.74, 6) is -1.26. The fraction of sp³-hybridized carbons (Fsp3) is 0.524. The minimum absolute atomic E-state index is 0.366. The second kappa shape index (κ2) is 9.44. The van der Waals surface area contributed by atoms with E-state index in [1.54, 1.807) is 25.1 Å². The van der Waals surface area contributed by atoms with Gasteiger partial charge < -0.3 is 15.4 Å². The lowest BCUT2D eigenvalue weighted by atomic mass is 9.77. The Balaban J connectivity index is 1.48. The second-order valence-electron chi connectivity index (χ2n) is 8.21. The smallest absolute Gasteiger partial charge is 0.326 e. The van der Waals surface area contributed by atoms with Crippen LogP contribution in [0.25, 0.3) is 0 Å². The summed E-state index contributed by atoms with van der Waals surface area (Å²) in [6.07, 6.45) is 2.78. The van der Waals surface area contributed by atoms with Gasteiger partial charge in [-0.1, -0.05) is 36.2 Å². The topological polar surface area (TPSA) is 105 Å². The third-order valence-electron chi connectivity index (χ3n) is 5.85. The fourth-order valence-electron chi connectivity index (χ4n) is 3.88. The van der Waals surface area contributed by atoms with Crippen molar-refractivity contribution in [3.05, 3.63) is 33.8 Å². The molecule has 1 aromatic carbocycles. The number of carbonyl (C=O) groups is 4. The molecule has 1 aliphatic carbocycles. The number of imide groups is 1. The molecule has 1 saturated heterocycles. The van der Waals surface area contributed by atoms with Crippen molar-refractivity contribution in [1.82, 2.24) is 15.5 Å². The predicted octanol–water partition coefficient (Wildman–Crippen LogP) is 3.21. The van der Waals surface area contributed by atoms with Gasteiger partial charge >= 0.3 is 12.0 Å². The van der Waals surface area contributed by atoms with Gasteiger partial charge in [0.15, 0.2) is 6.61 Å². The Morgan fingerprint density at radius 3 is 2.58 bits per heavy atom. The monoisotopic (exact) mass is 469 g/mol. The van der Waals surface area contributed by atoms with Gasteiger partial charge in [0.05, 0.1) is 16.1 Å². The predicted molar refractivity (Wildman–Crippen MR) is 115 cm³/mol. The molecule has 2 N–H and O–H groups in total. The molecule has 0 radical (unpaired) electrons. The average molecular weight is 470 g/mol. The van der Waals surface area contributed by atoms with Gasteiger partial charge in [0.2, 0.25) is 0 Å². The van der Waals surface area contributed by atoms with E-state index in [9.17, 15) is 19.2 Å². The third-order valence-corrected chi connectivity index (χ3v) is 6.59. The molecule has 1 aromatic rings. The van der Waals surface area contributed by atoms with E-state index >= 15 is 0 Å². The zero-order chi connectivity index (χ0) is 22.8. The Bertz CT molecular complexity index is 899. The standard InChI is InChI=1S/C21H25Cl2N3O5/c1-12-5-7-21(8-6-12)19(29)26(20(30)25-21)10-18(28)31-11-17(27)24-13(2)14-3-4-15(22)16(23)9-14/h3-4,9,12-13H,5-8,10-11H2,1-2H3,(H,24,27)(H,25,30)/t12?,13-,21?/m1/s1. The zero-order valence-corrected chi connectivity index (χ0v) is 18.9. The highest BCUT2D eigenvalue weighted by atomic mass is 35.5. The Labute approximate surface area is 190 Å². The van der Waals surface area contributed by atoms with Crippen LogP contribution in [0, 0.1) is 5.92 Å². The number of urea groups is 1. The van der Waals surface area contributed by atoms with E-state index in [-0.39, 0.29) is 6.04 Å². The average Bonchev–Trinajstić information content (AvgIpc) is 2.95. The highest BCUT2D eigenvalue weighted by molar-refractivity contribution is 6.42. The van der Waals surface area contributed by atoms with Crippen LogP contribution in [0.5, 0.6) is 0 Å². The molecular weight excluding hydrogens is 445 g/mol. The third kappa shape index (κ3) is 5.30. The van der Waals surface area contributed by atoms with E-state index in [0.29, 0.717) is 28.8 Å².